The Labute approximate surface area is 155 Å². The van der Waals surface area contributed by atoms with Crippen molar-refractivity contribution in [3.63, 3.8) is 0 Å². The molecule has 0 saturated heterocycles. The second-order valence-electron chi connectivity index (χ2n) is 7.03. The van der Waals surface area contributed by atoms with E-state index in [1.54, 1.807) is 24.3 Å². The molecule has 0 bridgehead atoms. The van der Waals surface area contributed by atoms with Crippen LogP contribution in [0.15, 0.2) is 30.3 Å². The fraction of sp³-hybridized carbons (Fsp3) is 0.211. The summed E-state index contributed by atoms with van der Waals surface area (Å²) in [6, 6.07) is 10.1. The van der Waals surface area contributed by atoms with E-state index in [0.717, 1.165) is 11.6 Å². The van der Waals surface area contributed by atoms with Gasteiger partial charge in [0.25, 0.3) is 0 Å². The normalized spacial score (nSPS) is 15.1. The number of H-pyrrole nitrogens is 1. The zero-order valence-corrected chi connectivity index (χ0v) is 15.6. The smallest absolute Gasteiger partial charge is 0.307 e. The van der Waals surface area contributed by atoms with Gasteiger partial charge >= 0.3 is 10.1 Å². The number of aromatic nitrogens is 2. The average molecular weight is 381 g/mol. The third kappa shape index (κ3) is 2.59. The highest BCUT2D eigenvalue weighted by Gasteiger charge is 2.41. The number of hydrogen-bond acceptors (Lipinski definition) is 6. The molecule has 4 rings (SSSR count). The lowest BCUT2D eigenvalue weighted by Crippen LogP contribution is -2.31. The number of fused-ring (bicyclic) bond motifs is 4. The molecule has 8 heteroatoms. The van der Waals surface area contributed by atoms with Gasteiger partial charge in [0.1, 0.15) is 0 Å². The molecule has 3 aromatic rings. The first-order valence-electron chi connectivity index (χ1n) is 8.14. The van der Waals surface area contributed by atoms with Gasteiger partial charge in [-0.15, -0.1) is 0 Å². The molecule has 0 radical (unpaired) electrons. The maximum atomic E-state index is 13.1. The van der Waals surface area contributed by atoms with Gasteiger partial charge in [-0.1, -0.05) is 6.07 Å². The van der Waals surface area contributed by atoms with Crippen molar-refractivity contribution in [1.29, 1.82) is 5.26 Å². The molecule has 0 aliphatic heterocycles. The van der Waals surface area contributed by atoms with Crippen LogP contribution >= 0.6 is 0 Å². The molecule has 0 amide bonds. The van der Waals surface area contributed by atoms with Crippen LogP contribution in [0.4, 0.5) is 0 Å². The molecule has 0 spiro atoms. The highest BCUT2D eigenvalue weighted by molar-refractivity contribution is 7.86. The Balaban J connectivity index is 1.96. The van der Waals surface area contributed by atoms with Gasteiger partial charge in [-0.05, 0) is 32.0 Å². The van der Waals surface area contributed by atoms with Crippen LogP contribution in [0.2, 0.25) is 0 Å². The van der Waals surface area contributed by atoms with E-state index in [9.17, 15) is 13.2 Å². The summed E-state index contributed by atoms with van der Waals surface area (Å²) in [7, 11) is -3.73. The van der Waals surface area contributed by atoms with E-state index < -0.39 is 15.5 Å². The van der Waals surface area contributed by atoms with Gasteiger partial charge in [0.15, 0.2) is 5.78 Å². The molecule has 2 aromatic heterocycles. The maximum absolute atomic E-state index is 13.1. The zero-order valence-electron chi connectivity index (χ0n) is 14.8. The quantitative estimate of drug-likeness (QED) is 0.683. The molecule has 1 aliphatic carbocycles. The number of nitrogens with zero attached hydrogens (tertiary/aromatic N) is 2. The van der Waals surface area contributed by atoms with Crippen LogP contribution in [-0.2, 0) is 15.5 Å². The van der Waals surface area contributed by atoms with Crippen molar-refractivity contribution in [2.75, 3.05) is 6.26 Å². The highest BCUT2D eigenvalue weighted by atomic mass is 32.2. The highest BCUT2D eigenvalue weighted by Crippen LogP contribution is 2.43. The number of aromatic amines is 1. The fourth-order valence-electron chi connectivity index (χ4n) is 3.53. The molecule has 1 aromatic carbocycles. The number of rotatable bonds is 2. The van der Waals surface area contributed by atoms with Crippen LogP contribution in [0.3, 0.4) is 0 Å². The summed E-state index contributed by atoms with van der Waals surface area (Å²) < 4.78 is 27.7. The molecule has 0 fully saturated rings. The standard InChI is InChI=1S/C19H15N3O4S/c1-19(2)17-12(6-7-14(22-17)26-27(3,24)25)16(23)15-11-5-4-10(9-20)8-13(11)21-18(15)19/h4-8,21H,1-3H3. The van der Waals surface area contributed by atoms with Crippen molar-refractivity contribution < 1.29 is 17.4 Å². The molecule has 0 atom stereocenters. The predicted octanol–water partition coefficient (Wildman–Crippen LogP) is 2.64. The number of pyridine rings is 1. The Morgan fingerprint density at radius 3 is 2.63 bits per heavy atom. The van der Waals surface area contributed by atoms with Gasteiger partial charge < -0.3 is 9.17 Å². The van der Waals surface area contributed by atoms with E-state index in [0.29, 0.717) is 33.6 Å². The van der Waals surface area contributed by atoms with Crippen LogP contribution < -0.4 is 4.18 Å². The van der Waals surface area contributed by atoms with Crippen molar-refractivity contribution >= 4 is 26.8 Å². The Morgan fingerprint density at radius 1 is 1.22 bits per heavy atom. The summed E-state index contributed by atoms with van der Waals surface area (Å²) in [6.45, 7) is 3.80. The minimum Gasteiger partial charge on any atom is -0.362 e. The Hall–Kier alpha value is -3.18. The van der Waals surface area contributed by atoms with Crippen molar-refractivity contribution in [2.24, 2.45) is 0 Å². The van der Waals surface area contributed by atoms with Crippen molar-refractivity contribution in [3.05, 3.63) is 58.4 Å². The van der Waals surface area contributed by atoms with Gasteiger partial charge in [0, 0.05) is 33.6 Å². The lowest BCUT2D eigenvalue weighted by atomic mass is 9.74. The largest absolute Gasteiger partial charge is 0.362 e. The Kier molecular flexibility index (Phi) is 3.45. The van der Waals surface area contributed by atoms with Crippen molar-refractivity contribution in [3.8, 4) is 11.9 Å². The van der Waals surface area contributed by atoms with Gasteiger partial charge in [0.05, 0.1) is 29.1 Å². The van der Waals surface area contributed by atoms with Crippen LogP contribution in [0.1, 0.15) is 46.7 Å². The van der Waals surface area contributed by atoms with Crippen LogP contribution in [0.5, 0.6) is 5.88 Å². The third-order valence-corrected chi connectivity index (χ3v) is 5.20. The lowest BCUT2D eigenvalue weighted by molar-refractivity contribution is 0.103. The van der Waals surface area contributed by atoms with E-state index in [1.807, 2.05) is 13.8 Å². The van der Waals surface area contributed by atoms with Gasteiger partial charge in [-0.3, -0.25) is 4.79 Å². The molecule has 0 unspecified atom stereocenters. The molecular formula is C19H15N3O4S. The second-order valence-corrected chi connectivity index (χ2v) is 8.61. The van der Waals surface area contributed by atoms with Gasteiger partial charge in [-0.2, -0.15) is 13.7 Å². The van der Waals surface area contributed by atoms with Crippen LogP contribution in [0, 0.1) is 11.3 Å². The monoisotopic (exact) mass is 381 g/mol. The van der Waals surface area contributed by atoms with E-state index in [2.05, 4.69) is 16.0 Å². The van der Waals surface area contributed by atoms with Gasteiger partial charge in [0.2, 0.25) is 5.88 Å². The second kappa shape index (κ2) is 5.41. The molecule has 2 heterocycles. The summed E-state index contributed by atoms with van der Waals surface area (Å²) in [4.78, 5) is 20.7. The number of hydrogen-bond donors (Lipinski definition) is 1. The van der Waals surface area contributed by atoms with Crippen LogP contribution in [0.25, 0.3) is 10.9 Å². The van der Waals surface area contributed by atoms with Crippen molar-refractivity contribution in [2.45, 2.75) is 19.3 Å². The number of ketones is 1. The first-order chi connectivity index (χ1) is 12.6. The third-order valence-electron chi connectivity index (χ3n) is 4.72. The van der Waals surface area contributed by atoms with Crippen molar-refractivity contribution in [1.82, 2.24) is 9.97 Å². The summed E-state index contributed by atoms with van der Waals surface area (Å²) >= 11 is 0. The van der Waals surface area contributed by atoms with Gasteiger partial charge in [-0.25, -0.2) is 4.98 Å². The lowest BCUT2D eigenvalue weighted by Gasteiger charge is -2.30. The molecule has 1 aliphatic rings. The molecule has 1 N–H and O–H groups in total. The maximum Gasteiger partial charge on any atom is 0.307 e. The number of nitrogens with one attached hydrogen (secondary N) is 1. The van der Waals surface area contributed by atoms with E-state index in [4.69, 9.17) is 9.44 Å². The first-order valence-corrected chi connectivity index (χ1v) is 9.95. The Morgan fingerprint density at radius 2 is 1.96 bits per heavy atom. The SMILES string of the molecule is CC1(C)c2nc(OS(C)(=O)=O)ccc2C(=O)c2c1[nH]c1cc(C#N)ccc21. The topological polar surface area (TPSA) is 113 Å². The summed E-state index contributed by atoms with van der Waals surface area (Å²) in [5, 5.41) is 9.86. The molecule has 0 saturated carbocycles. The molecule has 27 heavy (non-hydrogen) atoms. The minimum atomic E-state index is -3.73. The number of carbonyl (C=O) groups excluding carboxylic acids is 1. The molecule has 7 nitrogen and oxygen atoms in total. The van der Waals surface area contributed by atoms with E-state index >= 15 is 0 Å². The van der Waals surface area contributed by atoms with Crippen LogP contribution in [-0.4, -0.2) is 30.4 Å². The molecular weight excluding hydrogens is 366 g/mol. The summed E-state index contributed by atoms with van der Waals surface area (Å²) in [5.74, 6) is -0.280. The zero-order chi connectivity index (χ0) is 19.6. The fourth-order valence-corrected chi connectivity index (χ4v) is 3.93. The minimum absolute atomic E-state index is 0.0801. The summed E-state index contributed by atoms with van der Waals surface area (Å²) in [5.41, 5.74) is 2.56. The van der Waals surface area contributed by atoms with E-state index in [-0.39, 0.29) is 11.7 Å². The van der Waals surface area contributed by atoms with E-state index in [1.165, 1.54) is 6.07 Å². The predicted molar refractivity (Wildman–Crippen MR) is 98.3 cm³/mol. The number of carbonyl (C=O) groups is 1. The number of nitriles is 1. The first kappa shape index (κ1) is 17.2. The number of benzene rings is 1. The Bertz CT molecular complexity index is 1280. The summed E-state index contributed by atoms with van der Waals surface area (Å²) in [6.07, 6.45) is 0.938. The molecule has 136 valence electrons. The average Bonchev–Trinajstić information content (AvgIpc) is 2.98.